The first-order chi connectivity index (χ1) is 12.5. The number of esters is 2. The average Bonchev–Trinajstić information content (AvgIpc) is 2.54. The van der Waals surface area contributed by atoms with E-state index >= 15 is 0 Å². The highest BCUT2D eigenvalue weighted by atomic mass is 32.2. The summed E-state index contributed by atoms with van der Waals surface area (Å²) < 4.78 is 64.6. The van der Waals surface area contributed by atoms with E-state index in [1.54, 1.807) is 0 Å². The molecule has 4 fully saturated rings. The lowest BCUT2D eigenvalue weighted by molar-refractivity contribution is -0.159. The zero-order valence-corrected chi connectivity index (χ0v) is 15.7. The van der Waals surface area contributed by atoms with Gasteiger partial charge in [0.25, 0.3) is 0 Å². The molecule has 4 rings (SSSR count). The van der Waals surface area contributed by atoms with Crippen LogP contribution < -0.4 is 0 Å². The highest BCUT2D eigenvalue weighted by Crippen LogP contribution is 2.60. The molecule has 4 saturated carbocycles. The lowest BCUT2D eigenvalue weighted by Crippen LogP contribution is -2.48. The van der Waals surface area contributed by atoms with Crippen molar-refractivity contribution in [3.05, 3.63) is 0 Å². The number of hydrogen-bond donors (Lipinski definition) is 1. The fourth-order valence-corrected chi connectivity index (χ4v) is 5.50. The molecule has 0 radical (unpaired) electrons. The molecule has 0 amide bonds. The summed E-state index contributed by atoms with van der Waals surface area (Å²) in [7, 11) is -5.66. The molecule has 0 aromatic heterocycles. The summed E-state index contributed by atoms with van der Waals surface area (Å²) in [6, 6.07) is 0. The summed E-state index contributed by atoms with van der Waals surface area (Å²) in [5, 5.41) is -4.58. The largest absolute Gasteiger partial charge is 0.465 e. The van der Waals surface area contributed by atoms with Crippen LogP contribution in [-0.4, -0.2) is 43.4 Å². The molecule has 0 atom stereocenters. The molecule has 0 aliphatic heterocycles. The Bertz CT molecular complexity index is 669. The lowest BCUT2D eigenvalue weighted by Gasteiger charge is -2.56. The highest BCUT2D eigenvalue weighted by Gasteiger charge is 2.51. The van der Waals surface area contributed by atoms with Gasteiger partial charge in [-0.25, -0.2) is 0 Å². The van der Waals surface area contributed by atoms with E-state index in [0.717, 1.165) is 37.0 Å². The molecule has 0 aromatic carbocycles. The fourth-order valence-electron chi connectivity index (χ4n) is 5.29. The van der Waals surface area contributed by atoms with E-state index in [1.807, 2.05) is 0 Å². The van der Waals surface area contributed by atoms with Gasteiger partial charge in [-0.15, -0.1) is 0 Å². The number of alkyl halides is 2. The first kappa shape index (κ1) is 20.4. The SMILES string of the molecule is O=C(CCC(=O)OCC(F)(F)S(=O)(=O)O)OCC12CC3CC(CC(C3)C1)C2. The van der Waals surface area contributed by atoms with Crippen LogP contribution in [0.5, 0.6) is 0 Å². The molecule has 7 nitrogen and oxygen atoms in total. The van der Waals surface area contributed by atoms with Crippen molar-refractivity contribution in [3.63, 3.8) is 0 Å². The summed E-state index contributed by atoms with van der Waals surface area (Å²) in [6.45, 7) is -1.47. The molecule has 0 spiro atoms. The minimum atomic E-state index is -5.66. The summed E-state index contributed by atoms with van der Waals surface area (Å²) in [4.78, 5) is 23.3. The van der Waals surface area contributed by atoms with E-state index < -0.39 is 40.3 Å². The molecule has 0 unspecified atom stereocenters. The van der Waals surface area contributed by atoms with Crippen LogP contribution >= 0.6 is 0 Å². The number of rotatable bonds is 8. The Morgan fingerprint density at radius 2 is 1.41 bits per heavy atom. The van der Waals surface area contributed by atoms with Crippen molar-refractivity contribution in [2.45, 2.75) is 56.6 Å². The van der Waals surface area contributed by atoms with Crippen molar-refractivity contribution in [2.24, 2.45) is 23.2 Å². The van der Waals surface area contributed by atoms with E-state index in [1.165, 1.54) is 19.3 Å². The molecule has 4 aliphatic carbocycles. The maximum absolute atomic E-state index is 13.0. The van der Waals surface area contributed by atoms with Crippen LogP contribution in [0.25, 0.3) is 0 Å². The maximum Gasteiger partial charge on any atom is 0.402 e. The van der Waals surface area contributed by atoms with E-state index in [-0.39, 0.29) is 11.8 Å². The zero-order chi connectivity index (χ0) is 19.9. The number of carbonyl (C=O) groups excluding carboxylic acids is 2. The van der Waals surface area contributed by atoms with Crippen molar-refractivity contribution in [1.29, 1.82) is 0 Å². The Morgan fingerprint density at radius 1 is 0.963 bits per heavy atom. The van der Waals surface area contributed by atoms with E-state index in [2.05, 4.69) is 4.74 Å². The smallest absolute Gasteiger partial charge is 0.402 e. The Labute approximate surface area is 156 Å². The fraction of sp³-hybridized carbons (Fsp3) is 0.882. The molecule has 4 aliphatic rings. The minimum Gasteiger partial charge on any atom is -0.465 e. The van der Waals surface area contributed by atoms with Crippen molar-refractivity contribution in [3.8, 4) is 0 Å². The predicted molar refractivity (Wildman–Crippen MR) is 88.3 cm³/mol. The van der Waals surface area contributed by atoms with Crippen LogP contribution in [-0.2, 0) is 29.2 Å². The van der Waals surface area contributed by atoms with Gasteiger partial charge in [-0.1, -0.05) is 0 Å². The van der Waals surface area contributed by atoms with Crippen molar-refractivity contribution >= 4 is 22.1 Å². The molecule has 0 aromatic rings. The Balaban J connectivity index is 1.38. The molecule has 0 heterocycles. The number of ether oxygens (including phenoxy) is 2. The van der Waals surface area contributed by atoms with Gasteiger partial charge in [0.2, 0.25) is 0 Å². The van der Waals surface area contributed by atoms with E-state index in [9.17, 15) is 26.8 Å². The van der Waals surface area contributed by atoms with Gasteiger partial charge in [0.05, 0.1) is 19.4 Å². The highest BCUT2D eigenvalue weighted by molar-refractivity contribution is 7.86. The van der Waals surface area contributed by atoms with E-state index in [4.69, 9.17) is 9.29 Å². The van der Waals surface area contributed by atoms with Crippen molar-refractivity contribution in [1.82, 2.24) is 0 Å². The number of halogens is 2. The molecule has 1 N–H and O–H groups in total. The van der Waals surface area contributed by atoms with Crippen LogP contribution in [0, 0.1) is 23.2 Å². The second-order valence-electron chi connectivity index (χ2n) is 8.35. The third kappa shape index (κ3) is 4.77. The molecule has 0 saturated heterocycles. The molecular weight excluding hydrogens is 386 g/mol. The summed E-state index contributed by atoms with van der Waals surface area (Å²) in [5.41, 5.74) is 0.0441. The van der Waals surface area contributed by atoms with Gasteiger partial charge in [-0.05, 0) is 56.3 Å². The second-order valence-corrected chi connectivity index (χ2v) is 9.90. The normalized spacial score (nSPS) is 32.3. The molecular formula is C17H24F2O7S. The van der Waals surface area contributed by atoms with Gasteiger partial charge in [0.15, 0.2) is 6.61 Å². The van der Waals surface area contributed by atoms with Crippen LogP contribution in [0.3, 0.4) is 0 Å². The number of hydrogen-bond acceptors (Lipinski definition) is 6. The number of carbonyl (C=O) groups is 2. The molecule has 154 valence electrons. The third-order valence-electron chi connectivity index (χ3n) is 6.02. The first-order valence-corrected chi connectivity index (χ1v) is 10.6. The molecule has 27 heavy (non-hydrogen) atoms. The quantitative estimate of drug-likeness (QED) is 0.484. The lowest BCUT2D eigenvalue weighted by atomic mass is 9.50. The Kier molecular flexibility index (Phi) is 5.51. The van der Waals surface area contributed by atoms with Crippen LogP contribution in [0.4, 0.5) is 8.78 Å². The van der Waals surface area contributed by atoms with Crippen molar-refractivity contribution in [2.75, 3.05) is 13.2 Å². The summed E-state index contributed by atoms with van der Waals surface area (Å²) >= 11 is 0. The average molecular weight is 410 g/mol. The Hall–Kier alpha value is -1.29. The van der Waals surface area contributed by atoms with Gasteiger partial charge in [-0.2, -0.15) is 17.2 Å². The topological polar surface area (TPSA) is 107 Å². The minimum absolute atomic E-state index is 0.0441. The summed E-state index contributed by atoms with van der Waals surface area (Å²) in [5.74, 6) is 0.382. The van der Waals surface area contributed by atoms with Crippen molar-refractivity contribution < 1.29 is 40.8 Å². The Morgan fingerprint density at radius 3 is 1.85 bits per heavy atom. The van der Waals surface area contributed by atoms with Gasteiger partial charge >= 0.3 is 27.3 Å². The van der Waals surface area contributed by atoms with Crippen LogP contribution in [0.2, 0.25) is 0 Å². The first-order valence-electron chi connectivity index (χ1n) is 9.14. The second kappa shape index (κ2) is 7.27. The van der Waals surface area contributed by atoms with Crippen LogP contribution in [0.15, 0.2) is 0 Å². The summed E-state index contributed by atoms with van der Waals surface area (Å²) in [6.07, 6.45) is 6.19. The van der Waals surface area contributed by atoms with Gasteiger partial charge < -0.3 is 9.47 Å². The monoisotopic (exact) mass is 410 g/mol. The van der Waals surface area contributed by atoms with Gasteiger partial charge in [-0.3, -0.25) is 14.1 Å². The van der Waals surface area contributed by atoms with Crippen LogP contribution in [0.1, 0.15) is 51.4 Å². The zero-order valence-electron chi connectivity index (χ0n) is 14.9. The van der Waals surface area contributed by atoms with E-state index in [0.29, 0.717) is 6.61 Å². The van der Waals surface area contributed by atoms with Gasteiger partial charge in [0.1, 0.15) is 0 Å². The standard InChI is InChI=1S/C17H24F2O7S/c18-17(19,27(22,23)24)10-26-15(21)2-1-14(20)25-9-16-6-11-3-12(7-16)5-13(4-11)8-16/h11-13H,1-10H2,(H,22,23,24). The predicted octanol–water partition coefficient (Wildman–Crippen LogP) is 2.55. The van der Waals surface area contributed by atoms with Gasteiger partial charge in [0, 0.05) is 5.41 Å². The molecule has 4 bridgehead atoms. The molecule has 10 heteroatoms. The maximum atomic E-state index is 13.0. The third-order valence-corrected chi connectivity index (χ3v) is 6.89.